The lowest BCUT2D eigenvalue weighted by Crippen LogP contribution is -2.51. The predicted octanol–water partition coefficient (Wildman–Crippen LogP) is 4.44. The summed E-state index contributed by atoms with van der Waals surface area (Å²) in [7, 11) is 0. The molecule has 0 radical (unpaired) electrons. The molecule has 1 fully saturated rings. The van der Waals surface area contributed by atoms with Crippen molar-refractivity contribution in [2.75, 3.05) is 18.4 Å². The lowest BCUT2D eigenvalue weighted by Gasteiger charge is -2.28. The van der Waals surface area contributed by atoms with Crippen molar-refractivity contribution < 1.29 is 0 Å². The standard InChI is InChI=1S/C26H23N7/c1-16-4-2-6-23(31-16)26-25(29-15-30-26)17-8-9-21-18(10-17)11-19(12-28-21)22-5-3-7-24(33-22)32-20-13-27-14-20/h2-12,15,20,27H,13-14H2,1H3,(H,29,30)(H,32,33). The van der Waals surface area contributed by atoms with Gasteiger partial charge in [0.1, 0.15) is 5.82 Å². The minimum absolute atomic E-state index is 0.441. The van der Waals surface area contributed by atoms with Crippen molar-refractivity contribution in [3.05, 3.63) is 78.9 Å². The normalized spacial score (nSPS) is 13.7. The van der Waals surface area contributed by atoms with Gasteiger partial charge in [-0.15, -0.1) is 0 Å². The van der Waals surface area contributed by atoms with E-state index < -0.39 is 0 Å². The van der Waals surface area contributed by atoms with Gasteiger partial charge in [-0.2, -0.15) is 0 Å². The maximum atomic E-state index is 4.80. The van der Waals surface area contributed by atoms with Gasteiger partial charge in [-0.1, -0.05) is 18.2 Å². The van der Waals surface area contributed by atoms with Gasteiger partial charge in [0.05, 0.1) is 40.7 Å². The first-order valence-electron chi connectivity index (χ1n) is 11.1. The van der Waals surface area contributed by atoms with E-state index in [-0.39, 0.29) is 0 Å². The number of hydrogen-bond acceptors (Lipinski definition) is 6. The van der Waals surface area contributed by atoms with E-state index in [4.69, 9.17) is 4.98 Å². The van der Waals surface area contributed by atoms with Crippen molar-refractivity contribution in [1.82, 2.24) is 30.2 Å². The molecule has 0 unspecified atom stereocenters. The van der Waals surface area contributed by atoms with Gasteiger partial charge in [-0.05, 0) is 49.4 Å². The van der Waals surface area contributed by atoms with Crippen LogP contribution in [-0.4, -0.2) is 44.1 Å². The number of aryl methyl sites for hydroxylation is 1. The Balaban J connectivity index is 1.37. The summed E-state index contributed by atoms with van der Waals surface area (Å²) in [6, 6.07) is 20.9. The number of pyridine rings is 3. The Morgan fingerprint density at radius 1 is 0.879 bits per heavy atom. The number of nitrogens with one attached hydrogen (secondary N) is 3. The molecule has 5 aromatic rings. The molecule has 1 aromatic carbocycles. The van der Waals surface area contributed by atoms with Gasteiger partial charge < -0.3 is 15.6 Å². The van der Waals surface area contributed by atoms with Crippen molar-refractivity contribution in [3.8, 4) is 33.9 Å². The molecule has 0 saturated carbocycles. The second-order valence-corrected chi connectivity index (χ2v) is 8.33. The van der Waals surface area contributed by atoms with E-state index in [1.165, 1.54) is 0 Å². The number of aromatic amines is 1. The van der Waals surface area contributed by atoms with E-state index in [0.29, 0.717) is 6.04 Å². The Kier molecular flexibility index (Phi) is 4.81. The summed E-state index contributed by atoms with van der Waals surface area (Å²) in [6.07, 6.45) is 3.60. The summed E-state index contributed by atoms with van der Waals surface area (Å²) in [5, 5.41) is 7.78. The van der Waals surface area contributed by atoms with E-state index in [1.807, 2.05) is 55.6 Å². The van der Waals surface area contributed by atoms with Crippen LogP contribution in [0.1, 0.15) is 5.69 Å². The fourth-order valence-electron chi connectivity index (χ4n) is 4.09. The highest BCUT2D eigenvalue weighted by Crippen LogP contribution is 2.31. The third-order valence-electron chi connectivity index (χ3n) is 5.92. The lowest BCUT2D eigenvalue weighted by molar-refractivity contribution is 0.471. The average Bonchev–Trinajstić information content (AvgIpc) is 3.31. The monoisotopic (exact) mass is 433 g/mol. The van der Waals surface area contributed by atoms with Crippen molar-refractivity contribution in [1.29, 1.82) is 0 Å². The highest BCUT2D eigenvalue weighted by molar-refractivity contribution is 5.89. The molecule has 1 aliphatic rings. The Bertz CT molecular complexity index is 1450. The van der Waals surface area contributed by atoms with Gasteiger partial charge in [0, 0.05) is 41.5 Å². The number of fused-ring (bicyclic) bond motifs is 1. The number of rotatable bonds is 5. The minimum Gasteiger partial charge on any atom is -0.365 e. The second-order valence-electron chi connectivity index (χ2n) is 8.33. The van der Waals surface area contributed by atoms with Gasteiger partial charge in [-0.25, -0.2) is 9.97 Å². The van der Waals surface area contributed by atoms with Crippen LogP contribution in [-0.2, 0) is 0 Å². The molecule has 162 valence electrons. The first kappa shape index (κ1) is 19.6. The van der Waals surface area contributed by atoms with Crippen LogP contribution in [0.25, 0.3) is 44.8 Å². The van der Waals surface area contributed by atoms with Crippen LogP contribution in [0.15, 0.2) is 73.2 Å². The molecule has 0 atom stereocenters. The maximum Gasteiger partial charge on any atom is 0.126 e. The number of hydrogen-bond donors (Lipinski definition) is 3. The van der Waals surface area contributed by atoms with Crippen molar-refractivity contribution in [2.24, 2.45) is 0 Å². The summed E-state index contributed by atoms with van der Waals surface area (Å²) in [5.41, 5.74) is 7.47. The lowest BCUT2D eigenvalue weighted by atomic mass is 10.0. The van der Waals surface area contributed by atoms with Gasteiger partial charge in [-0.3, -0.25) is 9.97 Å². The molecular weight excluding hydrogens is 410 g/mol. The van der Waals surface area contributed by atoms with E-state index in [1.54, 1.807) is 6.33 Å². The second kappa shape index (κ2) is 8.11. The Morgan fingerprint density at radius 3 is 2.58 bits per heavy atom. The zero-order chi connectivity index (χ0) is 22.2. The number of imidazole rings is 1. The van der Waals surface area contributed by atoms with Gasteiger partial charge >= 0.3 is 0 Å². The Morgan fingerprint density at radius 2 is 1.73 bits per heavy atom. The van der Waals surface area contributed by atoms with E-state index in [9.17, 15) is 0 Å². The zero-order valence-corrected chi connectivity index (χ0v) is 18.2. The molecule has 5 heterocycles. The van der Waals surface area contributed by atoms with Crippen molar-refractivity contribution >= 4 is 16.7 Å². The number of H-pyrrole nitrogens is 1. The molecule has 0 spiro atoms. The van der Waals surface area contributed by atoms with Crippen molar-refractivity contribution in [2.45, 2.75) is 13.0 Å². The SMILES string of the molecule is Cc1cccc(-c2[nH]cnc2-c2ccc3ncc(-c4cccc(NC5CNC5)n4)cc3c2)n1. The van der Waals surface area contributed by atoms with Crippen LogP contribution < -0.4 is 10.6 Å². The summed E-state index contributed by atoms with van der Waals surface area (Å²) in [6.45, 7) is 3.93. The smallest absolute Gasteiger partial charge is 0.126 e. The molecule has 1 saturated heterocycles. The van der Waals surface area contributed by atoms with Gasteiger partial charge in [0.25, 0.3) is 0 Å². The molecule has 3 N–H and O–H groups in total. The third kappa shape index (κ3) is 3.83. The number of anilines is 1. The predicted molar refractivity (Wildman–Crippen MR) is 131 cm³/mol. The molecule has 4 aromatic heterocycles. The van der Waals surface area contributed by atoms with Crippen LogP contribution in [0.4, 0.5) is 5.82 Å². The fourth-order valence-corrected chi connectivity index (χ4v) is 4.09. The van der Waals surface area contributed by atoms with E-state index in [0.717, 1.165) is 69.4 Å². The van der Waals surface area contributed by atoms with Crippen LogP contribution in [0.3, 0.4) is 0 Å². The highest BCUT2D eigenvalue weighted by Gasteiger charge is 2.17. The summed E-state index contributed by atoms with van der Waals surface area (Å²) in [4.78, 5) is 22.0. The maximum absolute atomic E-state index is 4.80. The van der Waals surface area contributed by atoms with E-state index >= 15 is 0 Å². The Hall–Kier alpha value is -4.10. The molecule has 33 heavy (non-hydrogen) atoms. The van der Waals surface area contributed by atoms with Gasteiger partial charge in [0.15, 0.2) is 0 Å². The fraction of sp³-hybridized carbons (Fsp3) is 0.154. The third-order valence-corrected chi connectivity index (χ3v) is 5.92. The summed E-state index contributed by atoms with van der Waals surface area (Å²) >= 11 is 0. The van der Waals surface area contributed by atoms with E-state index in [2.05, 4.69) is 48.8 Å². The summed E-state index contributed by atoms with van der Waals surface area (Å²) in [5.74, 6) is 0.889. The quantitative estimate of drug-likeness (QED) is 0.380. The highest BCUT2D eigenvalue weighted by atomic mass is 15.1. The van der Waals surface area contributed by atoms with Crippen LogP contribution in [0, 0.1) is 6.92 Å². The largest absolute Gasteiger partial charge is 0.365 e. The molecule has 1 aliphatic heterocycles. The van der Waals surface area contributed by atoms with Crippen LogP contribution in [0.5, 0.6) is 0 Å². The molecule has 0 amide bonds. The topological polar surface area (TPSA) is 91.4 Å². The first-order chi connectivity index (χ1) is 16.2. The zero-order valence-electron chi connectivity index (χ0n) is 18.2. The number of aromatic nitrogens is 5. The first-order valence-corrected chi connectivity index (χ1v) is 11.1. The minimum atomic E-state index is 0.441. The Labute approximate surface area is 191 Å². The number of benzene rings is 1. The molecule has 7 nitrogen and oxygen atoms in total. The molecular formula is C26H23N7. The summed E-state index contributed by atoms with van der Waals surface area (Å²) < 4.78 is 0. The van der Waals surface area contributed by atoms with Crippen LogP contribution >= 0.6 is 0 Å². The van der Waals surface area contributed by atoms with Crippen LogP contribution in [0.2, 0.25) is 0 Å². The van der Waals surface area contributed by atoms with Gasteiger partial charge in [0.2, 0.25) is 0 Å². The number of nitrogens with zero attached hydrogens (tertiary/aromatic N) is 4. The van der Waals surface area contributed by atoms with Crippen molar-refractivity contribution in [3.63, 3.8) is 0 Å². The molecule has 6 rings (SSSR count). The molecule has 0 bridgehead atoms. The average molecular weight is 434 g/mol. The molecule has 7 heteroatoms. The molecule has 0 aliphatic carbocycles.